The molecule has 0 radical (unpaired) electrons. The highest BCUT2D eigenvalue weighted by Gasteiger charge is 2.28. The Bertz CT molecular complexity index is 1080. The fraction of sp³-hybridized carbons (Fsp3) is 0.296. The number of halogens is 1. The molecular weight excluding hydrogens is 435 g/mol. The first-order valence-electron chi connectivity index (χ1n) is 11.3. The highest BCUT2D eigenvalue weighted by atomic mass is 32.2. The number of benzene rings is 3. The summed E-state index contributed by atoms with van der Waals surface area (Å²) in [5.41, 5.74) is 4.88. The van der Waals surface area contributed by atoms with Crippen LogP contribution in [0.2, 0.25) is 0 Å². The van der Waals surface area contributed by atoms with Crippen LogP contribution in [-0.4, -0.2) is 38.0 Å². The van der Waals surface area contributed by atoms with Crippen LogP contribution in [0.15, 0.2) is 72.8 Å². The number of nitrogens with zero attached hydrogens (tertiary/aromatic N) is 2. The van der Waals surface area contributed by atoms with Gasteiger partial charge in [-0.05, 0) is 67.4 Å². The van der Waals surface area contributed by atoms with E-state index in [4.69, 9.17) is 4.74 Å². The van der Waals surface area contributed by atoms with E-state index in [0.29, 0.717) is 18.7 Å². The van der Waals surface area contributed by atoms with Crippen molar-refractivity contribution in [1.29, 1.82) is 0 Å². The second-order valence-electron chi connectivity index (χ2n) is 8.02. The fourth-order valence-electron chi connectivity index (χ4n) is 4.17. The highest BCUT2D eigenvalue weighted by Crippen LogP contribution is 2.42. The molecule has 6 heteroatoms. The third kappa shape index (κ3) is 5.50. The van der Waals surface area contributed by atoms with Crippen molar-refractivity contribution in [1.82, 2.24) is 0 Å². The highest BCUT2D eigenvalue weighted by molar-refractivity contribution is 7.99. The number of anilines is 2. The molecule has 1 saturated heterocycles. The maximum Gasteiger partial charge on any atom is 0.338 e. The number of carbonyl (C=O) groups excluding carboxylic acids is 1. The minimum absolute atomic E-state index is 0.139. The summed E-state index contributed by atoms with van der Waals surface area (Å²) in [6.07, 6.45) is 0. The molecule has 1 atom stereocenters. The Kier molecular flexibility index (Phi) is 7.55. The molecule has 0 N–H and O–H groups in total. The van der Waals surface area contributed by atoms with E-state index in [2.05, 4.69) is 28.9 Å². The number of aryl methyl sites for hydroxylation is 1. The Morgan fingerprint density at radius 1 is 1.12 bits per heavy atom. The van der Waals surface area contributed by atoms with Gasteiger partial charge in [0, 0.05) is 30.2 Å². The average molecular weight is 465 g/mol. The van der Waals surface area contributed by atoms with Gasteiger partial charge >= 0.3 is 5.97 Å². The summed E-state index contributed by atoms with van der Waals surface area (Å²) < 4.78 is 18.9. The van der Waals surface area contributed by atoms with E-state index in [1.165, 1.54) is 12.1 Å². The first kappa shape index (κ1) is 23.2. The quantitative estimate of drug-likeness (QED) is 0.378. The molecule has 1 unspecified atom stereocenters. The van der Waals surface area contributed by atoms with Crippen molar-refractivity contribution in [2.45, 2.75) is 19.2 Å². The van der Waals surface area contributed by atoms with Gasteiger partial charge < -0.3 is 14.5 Å². The summed E-state index contributed by atoms with van der Waals surface area (Å²) in [6.45, 7) is 6.84. The summed E-state index contributed by atoms with van der Waals surface area (Å²) in [4.78, 5) is 17.2. The lowest BCUT2D eigenvalue weighted by molar-refractivity contribution is 0.0515. The predicted molar refractivity (Wildman–Crippen MR) is 135 cm³/mol. The van der Waals surface area contributed by atoms with Crippen molar-refractivity contribution in [2.24, 2.45) is 0 Å². The van der Waals surface area contributed by atoms with E-state index in [0.717, 1.165) is 41.3 Å². The molecule has 3 aromatic carbocycles. The van der Waals surface area contributed by atoms with Crippen LogP contribution in [-0.2, 0) is 4.74 Å². The maximum atomic E-state index is 13.4. The fourth-order valence-corrected chi connectivity index (χ4v) is 5.44. The van der Waals surface area contributed by atoms with Crippen LogP contribution >= 0.6 is 11.8 Å². The second kappa shape index (κ2) is 10.8. The number of hydrogen-bond donors (Lipinski definition) is 0. The van der Waals surface area contributed by atoms with Crippen LogP contribution in [0, 0.1) is 12.7 Å². The van der Waals surface area contributed by atoms with Crippen LogP contribution in [0.3, 0.4) is 0 Å². The monoisotopic (exact) mass is 464 g/mol. The van der Waals surface area contributed by atoms with Gasteiger partial charge in [0.15, 0.2) is 0 Å². The van der Waals surface area contributed by atoms with Crippen molar-refractivity contribution in [3.05, 3.63) is 95.3 Å². The van der Waals surface area contributed by atoms with Gasteiger partial charge in [0.05, 0.1) is 12.1 Å². The Balaban J connectivity index is 1.39. The van der Waals surface area contributed by atoms with Crippen molar-refractivity contribution >= 4 is 29.1 Å². The smallest absolute Gasteiger partial charge is 0.338 e. The molecule has 172 valence electrons. The summed E-state index contributed by atoms with van der Waals surface area (Å²) in [7, 11) is 0. The normalized spacial score (nSPS) is 15.5. The Morgan fingerprint density at radius 3 is 2.58 bits per heavy atom. The van der Waals surface area contributed by atoms with E-state index in [1.807, 2.05) is 67.2 Å². The molecule has 0 aromatic heterocycles. The van der Waals surface area contributed by atoms with Crippen LogP contribution < -0.4 is 9.80 Å². The topological polar surface area (TPSA) is 32.8 Å². The molecule has 0 aliphatic carbocycles. The third-order valence-corrected chi connectivity index (χ3v) is 7.15. The van der Waals surface area contributed by atoms with Crippen molar-refractivity contribution in [3.8, 4) is 0 Å². The van der Waals surface area contributed by atoms with Gasteiger partial charge in [-0.25, -0.2) is 9.18 Å². The van der Waals surface area contributed by atoms with Crippen molar-refractivity contribution < 1.29 is 13.9 Å². The Morgan fingerprint density at radius 2 is 1.88 bits per heavy atom. The van der Waals surface area contributed by atoms with E-state index < -0.39 is 0 Å². The molecular formula is C27H29FN2O2S. The van der Waals surface area contributed by atoms with Gasteiger partial charge in [-0.3, -0.25) is 0 Å². The lowest BCUT2D eigenvalue weighted by atomic mass is 10.1. The first-order chi connectivity index (χ1) is 16.1. The Labute approximate surface area is 199 Å². The summed E-state index contributed by atoms with van der Waals surface area (Å²) in [5, 5.41) is 0.139. The third-order valence-electron chi connectivity index (χ3n) is 5.89. The number of thioether (sulfide) groups is 1. The number of hydrogen-bond acceptors (Lipinski definition) is 5. The first-order valence-corrected chi connectivity index (χ1v) is 12.3. The number of ether oxygens (including phenoxy) is 1. The molecule has 4 rings (SSSR count). The number of esters is 1. The minimum Gasteiger partial charge on any atom is -0.460 e. The van der Waals surface area contributed by atoms with Gasteiger partial charge in [-0.15, -0.1) is 11.8 Å². The lowest BCUT2D eigenvalue weighted by Crippen LogP contribution is -2.28. The van der Waals surface area contributed by atoms with Crippen LogP contribution in [0.4, 0.5) is 15.8 Å². The molecule has 33 heavy (non-hydrogen) atoms. The summed E-state index contributed by atoms with van der Waals surface area (Å²) in [5.74, 6) is 0.471. The largest absolute Gasteiger partial charge is 0.460 e. The molecule has 1 fully saturated rings. The van der Waals surface area contributed by atoms with E-state index in [-0.39, 0.29) is 17.2 Å². The summed E-state index contributed by atoms with van der Waals surface area (Å²) in [6, 6.07) is 22.6. The van der Waals surface area contributed by atoms with Gasteiger partial charge in [0.25, 0.3) is 0 Å². The number of rotatable bonds is 8. The molecule has 1 aliphatic rings. The molecule has 0 amide bonds. The van der Waals surface area contributed by atoms with E-state index >= 15 is 0 Å². The summed E-state index contributed by atoms with van der Waals surface area (Å²) >= 11 is 1.84. The Hall–Kier alpha value is -2.99. The van der Waals surface area contributed by atoms with Gasteiger partial charge in [0.1, 0.15) is 17.8 Å². The van der Waals surface area contributed by atoms with Gasteiger partial charge in [-0.2, -0.15) is 0 Å². The number of carbonyl (C=O) groups is 1. The van der Waals surface area contributed by atoms with Crippen LogP contribution in [0.5, 0.6) is 0 Å². The molecule has 4 nitrogen and oxygen atoms in total. The van der Waals surface area contributed by atoms with Crippen molar-refractivity contribution in [2.75, 3.05) is 41.8 Å². The average Bonchev–Trinajstić information content (AvgIpc) is 3.32. The van der Waals surface area contributed by atoms with Crippen molar-refractivity contribution in [3.63, 3.8) is 0 Å². The maximum absolute atomic E-state index is 13.4. The van der Waals surface area contributed by atoms with Gasteiger partial charge in [0.2, 0.25) is 0 Å². The lowest BCUT2D eigenvalue weighted by Gasteiger charge is -2.28. The SMILES string of the molecule is CCN(CCOC(=O)c1ccc(N2CCSC2c2ccc(F)cc2)c(C)c1)c1ccccc1. The molecule has 0 spiro atoms. The minimum atomic E-state index is -0.306. The zero-order chi connectivity index (χ0) is 23.2. The van der Waals surface area contributed by atoms with Crippen LogP contribution in [0.25, 0.3) is 0 Å². The zero-order valence-corrected chi connectivity index (χ0v) is 19.9. The zero-order valence-electron chi connectivity index (χ0n) is 19.0. The molecule has 0 bridgehead atoms. The van der Waals surface area contributed by atoms with Gasteiger partial charge in [-0.1, -0.05) is 30.3 Å². The molecule has 1 heterocycles. The second-order valence-corrected chi connectivity index (χ2v) is 9.21. The molecule has 1 aliphatic heterocycles. The molecule has 0 saturated carbocycles. The number of likely N-dealkylation sites (N-methyl/N-ethyl adjacent to an activating group) is 1. The standard InChI is InChI=1S/C27H29FN2O2S/c1-3-29(24-7-5-4-6-8-24)15-17-32-27(31)22-11-14-25(20(2)19-22)30-16-18-33-26(30)21-9-12-23(28)13-10-21/h4-14,19,26H,3,15-18H2,1-2H3. The van der Waals surface area contributed by atoms with Crippen LogP contribution in [0.1, 0.15) is 33.8 Å². The van der Waals surface area contributed by atoms with E-state index in [1.54, 1.807) is 0 Å². The number of para-hydroxylation sites is 1. The predicted octanol–water partition coefficient (Wildman–Crippen LogP) is 6.07. The molecule has 3 aromatic rings. The van der Waals surface area contributed by atoms with E-state index in [9.17, 15) is 9.18 Å².